The Kier molecular flexibility index (Phi) is 6.80. The summed E-state index contributed by atoms with van der Waals surface area (Å²) in [6, 6.07) is 15.5. The highest BCUT2D eigenvalue weighted by Gasteiger charge is 2.27. The van der Waals surface area contributed by atoms with Crippen LogP contribution in [0.5, 0.6) is 0 Å². The van der Waals surface area contributed by atoms with Crippen molar-refractivity contribution in [1.29, 1.82) is 0 Å². The van der Waals surface area contributed by atoms with Crippen LogP contribution in [0.4, 0.5) is 4.79 Å². The molecule has 0 radical (unpaired) electrons. The molecule has 0 aliphatic carbocycles. The van der Waals surface area contributed by atoms with E-state index in [-0.39, 0.29) is 6.61 Å². The summed E-state index contributed by atoms with van der Waals surface area (Å²) in [5.74, 6) is -0.558. The molecule has 0 saturated heterocycles. The third-order valence-corrected chi connectivity index (χ3v) is 3.80. The number of hydrogen-bond acceptors (Lipinski definition) is 4. The van der Waals surface area contributed by atoms with Crippen LogP contribution in [0.3, 0.4) is 0 Å². The number of nitrogens with one attached hydrogen (secondary N) is 1. The van der Waals surface area contributed by atoms with E-state index in [4.69, 9.17) is 9.47 Å². The number of hydrogen-bond donors (Lipinski definition) is 1. The number of esters is 1. The molecule has 1 N–H and O–H groups in total. The van der Waals surface area contributed by atoms with E-state index >= 15 is 0 Å². The molecule has 2 rings (SSSR count). The molecule has 0 aromatic heterocycles. The van der Waals surface area contributed by atoms with Crippen molar-refractivity contribution in [3.63, 3.8) is 0 Å². The number of rotatable bonds is 5. The van der Waals surface area contributed by atoms with Crippen molar-refractivity contribution in [3.05, 3.63) is 70.2 Å². The molecule has 0 fully saturated rings. The zero-order valence-corrected chi connectivity index (χ0v) is 16.6. The van der Waals surface area contributed by atoms with Gasteiger partial charge in [-0.2, -0.15) is 0 Å². The van der Waals surface area contributed by atoms with Gasteiger partial charge in [-0.25, -0.2) is 9.59 Å². The van der Waals surface area contributed by atoms with E-state index in [2.05, 4.69) is 21.2 Å². The molecule has 138 valence electrons. The molecule has 2 aromatic rings. The molecule has 0 spiro atoms. The quantitative estimate of drug-likeness (QED) is 0.709. The van der Waals surface area contributed by atoms with Crippen molar-refractivity contribution in [2.45, 2.75) is 39.0 Å². The molecule has 1 atom stereocenters. The maximum Gasteiger partial charge on any atom is 0.408 e. The molecule has 26 heavy (non-hydrogen) atoms. The fourth-order valence-electron chi connectivity index (χ4n) is 2.20. The normalized spacial score (nSPS) is 12.2. The first-order valence-corrected chi connectivity index (χ1v) is 8.99. The maximum atomic E-state index is 12.6. The van der Waals surface area contributed by atoms with E-state index < -0.39 is 23.7 Å². The minimum Gasteiger partial charge on any atom is -0.459 e. The highest BCUT2D eigenvalue weighted by atomic mass is 79.9. The number of ether oxygens (including phenoxy) is 2. The molecule has 0 saturated carbocycles. The molecule has 0 bridgehead atoms. The summed E-state index contributed by atoms with van der Waals surface area (Å²) >= 11 is 3.37. The van der Waals surface area contributed by atoms with E-state index in [9.17, 15) is 9.59 Å². The van der Waals surface area contributed by atoms with Gasteiger partial charge in [0, 0.05) is 4.47 Å². The Morgan fingerprint density at radius 3 is 2.38 bits per heavy atom. The number of carbonyl (C=O) groups excluding carboxylic acids is 2. The predicted octanol–water partition coefficient (Wildman–Crippen LogP) is 4.76. The molecule has 0 aliphatic heterocycles. The summed E-state index contributed by atoms with van der Waals surface area (Å²) in [6.07, 6.45) is -0.681. The van der Waals surface area contributed by atoms with Crippen LogP contribution < -0.4 is 5.32 Å². The summed E-state index contributed by atoms with van der Waals surface area (Å²) in [4.78, 5) is 24.8. The van der Waals surface area contributed by atoms with Gasteiger partial charge in [0.05, 0.1) is 0 Å². The smallest absolute Gasteiger partial charge is 0.408 e. The van der Waals surface area contributed by atoms with Gasteiger partial charge in [-0.15, -0.1) is 0 Å². The van der Waals surface area contributed by atoms with Gasteiger partial charge in [-0.1, -0.05) is 58.4 Å². The fourth-order valence-corrected chi connectivity index (χ4v) is 2.62. The van der Waals surface area contributed by atoms with Gasteiger partial charge in [-0.3, -0.25) is 0 Å². The topological polar surface area (TPSA) is 64.6 Å². The van der Waals surface area contributed by atoms with E-state index in [1.165, 1.54) is 0 Å². The van der Waals surface area contributed by atoms with Gasteiger partial charge in [-0.05, 0) is 44.0 Å². The van der Waals surface area contributed by atoms with Crippen LogP contribution in [0, 0.1) is 0 Å². The van der Waals surface area contributed by atoms with Crippen LogP contribution in [-0.4, -0.2) is 17.7 Å². The monoisotopic (exact) mass is 419 g/mol. The average Bonchev–Trinajstić information content (AvgIpc) is 2.57. The summed E-state index contributed by atoms with van der Waals surface area (Å²) in [6.45, 7) is 5.40. The van der Waals surface area contributed by atoms with Crippen molar-refractivity contribution >= 4 is 28.0 Å². The Bertz CT molecular complexity index is 756. The highest BCUT2D eigenvalue weighted by Crippen LogP contribution is 2.21. The van der Waals surface area contributed by atoms with Gasteiger partial charge in [0.25, 0.3) is 0 Å². The van der Waals surface area contributed by atoms with Gasteiger partial charge in [0.1, 0.15) is 12.2 Å². The average molecular weight is 420 g/mol. The Hall–Kier alpha value is -2.34. The Morgan fingerprint density at radius 1 is 1.08 bits per heavy atom. The summed E-state index contributed by atoms with van der Waals surface area (Å²) in [7, 11) is 0. The Balaban J connectivity index is 2.14. The molecule has 0 aliphatic rings. The van der Waals surface area contributed by atoms with Crippen LogP contribution in [-0.2, 0) is 20.9 Å². The largest absolute Gasteiger partial charge is 0.459 e. The maximum absolute atomic E-state index is 12.6. The van der Waals surface area contributed by atoms with E-state index in [0.29, 0.717) is 5.56 Å². The lowest BCUT2D eigenvalue weighted by Gasteiger charge is -2.23. The number of alkyl carbamates (subject to hydrolysis) is 1. The lowest BCUT2D eigenvalue weighted by Crippen LogP contribution is -2.38. The van der Waals surface area contributed by atoms with Crippen molar-refractivity contribution in [2.24, 2.45) is 0 Å². The minimum atomic E-state index is -0.967. The van der Waals surface area contributed by atoms with Crippen molar-refractivity contribution < 1.29 is 19.1 Å². The second-order valence-corrected chi connectivity index (χ2v) is 7.64. The standard InChI is InChI=1S/C20H22BrNO4/c1-20(2,3)26-19(24)22-17(15-10-7-11-16(21)12-15)18(23)25-13-14-8-5-4-6-9-14/h4-12,17H,13H2,1-3H3,(H,22,24)/t17-/m0/s1. The molecule has 5 nitrogen and oxygen atoms in total. The molecular formula is C20H22BrNO4. The zero-order chi connectivity index (χ0) is 19.2. The number of carbonyl (C=O) groups is 2. The van der Waals surface area contributed by atoms with E-state index in [1.54, 1.807) is 39.0 Å². The highest BCUT2D eigenvalue weighted by molar-refractivity contribution is 9.10. The number of amides is 1. The lowest BCUT2D eigenvalue weighted by molar-refractivity contribution is -0.147. The summed E-state index contributed by atoms with van der Waals surface area (Å²) in [5, 5.41) is 2.60. The molecular weight excluding hydrogens is 398 g/mol. The Labute approximate surface area is 161 Å². The summed E-state index contributed by atoms with van der Waals surface area (Å²) < 4.78 is 11.4. The number of halogens is 1. The molecule has 2 aromatic carbocycles. The minimum absolute atomic E-state index is 0.125. The first-order chi connectivity index (χ1) is 12.2. The van der Waals surface area contributed by atoms with Gasteiger partial charge >= 0.3 is 12.1 Å². The van der Waals surface area contributed by atoms with Crippen LogP contribution in [0.25, 0.3) is 0 Å². The second kappa shape index (κ2) is 8.85. The fraction of sp³-hybridized carbons (Fsp3) is 0.300. The van der Waals surface area contributed by atoms with Crippen molar-refractivity contribution in [2.75, 3.05) is 0 Å². The van der Waals surface area contributed by atoms with E-state index in [1.807, 2.05) is 36.4 Å². The lowest BCUT2D eigenvalue weighted by atomic mass is 10.1. The van der Waals surface area contributed by atoms with Crippen LogP contribution >= 0.6 is 15.9 Å². The molecule has 1 amide bonds. The number of benzene rings is 2. The predicted molar refractivity (Wildman–Crippen MR) is 102 cm³/mol. The SMILES string of the molecule is CC(C)(C)OC(=O)N[C@H](C(=O)OCc1ccccc1)c1cccc(Br)c1. The third kappa shape index (κ3) is 6.52. The third-order valence-electron chi connectivity index (χ3n) is 3.30. The van der Waals surface area contributed by atoms with Crippen molar-refractivity contribution in [3.8, 4) is 0 Å². The van der Waals surface area contributed by atoms with Gasteiger partial charge < -0.3 is 14.8 Å². The van der Waals surface area contributed by atoms with Crippen LogP contribution in [0.2, 0.25) is 0 Å². The first-order valence-electron chi connectivity index (χ1n) is 8.20. The molecule has 6 heteroatoms. The molecule has 0 unspecified atom stereocenters. The first kappa shape index (κ1) is 20.0. The van der Waals surface area contributed by atoms with Crippen LogP contribution in [0.15, 0.2) is 59.1 Å². The van der Waals surface area contributed by atoms with Gasteiger partial charge in [0.2, 0.25) is 0 Å². The van der Waals surface area contributed by atoms with Crippen LogP contribution in [0.1, 0.15) is 37.9 Å². The van der Waals surface area contributed by atoms with Crippen molar-refractivity contribution in [1.82, 2.24) is 5.32 Å². The second-order valence-electron chi connectivity index (χ2n) is 6.73. The zero-order valence-electron chi connectivity index (χ0n) is 15.0. The molecule has 0 heterocycles. The van der Waals surface area contributed by atoms with E-state index in [0.717, 1.165) is 10.0 Å². The van der Waals surface area contributed by atoms with Gasteiger partial charge in [0.15, 0.2) is 6.04 Å². The Morgan fingerprint density at radius 2 is 1.77 bits per heavy atom. The summed E-state index contributed by atoms with van der Waals surface area (Å²) in [5.41, 5.74) is 0.800.